The molecule has 0 aliphatic rings. The standard InChI is InChI=1S/C7H13NO/c1-4-5-6-7(2)8-9-3/h4-6,8H,1-3H3/b5-4-,7-6-. The lowest BCUT2D eigenvalue weighted by Gasteiger charge is -1.98. The zero-order chi connectivity index (χ0) is 7.11. The molecule has 0 radical (unpaired) electrons. The molecule has 0 amide bonds. The van der Waals surface area contributed by atoms with Crippen LogP contribution in [0.5, 0.6) is 0 Å². The summed E-state index contributed by atoms with van der Waals surface area (Å²) >= 11 is 0. The van der Waals surface area contributed by atoms with Crippen LogP contribution in [0, 0.1) is 0 Å². The molecule has 0 aromatic heterocycles. The van der Waals surface area contributed by atoms with Crippen LogP contribution in [0.25, 0.3) is 0 Å². The third-order valence-electron chi connectivity index (χ3n) is 0.802. The molecule has 0 saturated heterocycles. The number of nitrogens with one attached hydrogen (secondary N) is 1. The van der Waals surface area contributed by atoms with Gasteiger partial charge < -0.3 is 0 Å². The van der Waals surface area contributed by atoms with E-state index in [1.807, 2.05) is 32.1 Å². The van der Waals surface area contributed by atoms with E-state index in [0.717, 1.165) is 5.70 Å². The van der Waals surface area contributed by atoms with E-state index in [9.17, 15) is 0 Å². The molecule has 0 spiro atoms. The van der Waals surface area contributed by atoms with Crippen LogP contribution in [0.3, 0.4) is 0 Å². The van der Waals surface area contributed by atoms with Crippen molar-refractivity contribution < 1.29 is 4.84 Å². The van der Waals surface area contributed by atoms with E-state index in [-0.39, 0.29) is 0 Å². The van der Waals surface area contributed by atoms with E-state index in [0.29, 0.717) is 0 Å². The van der Waals surface area contributed by atoms with E-state index in [2.05, 4.69) is 10.3 Å². The van der Waals surface area contributed by atoms with Gasteiger partial charge in [-0.15, -0.1) is 0 Å². The maximum atomic E-state index is 4.65. The summed E-state index contributed by atoms with van der Waals surface area (Å²) in [6.45, 7) is 3.90. The predicted molar refractivity (Wildman–Crippen MR) is 38.7 cm³/mol. The van der Waals surface area contributed by atoms with Gasteiger partial charge in [-0.05, 0) is 19.9 Å². The van der Waals surface area contributed by atoms with Crippen molar-refractivity contribution in [3.63, 3.8) is 0 Å². The molecule has 0 rings (SSSR count). The van der Waals surface area contributed by atoms with Crippen molar-refractivity contribution in [2.45, 2.75) is 13.8 Å². The van der Waals surface area contributed by atoms with E-state index in [1.165, 1.54) is 0 Å². The summed E-state index contributed by atoms with van der Waals surface area (Å²) in [7, 11) is 1.59. The van der Waals surface area contributed by atoms with Crippen molar-refractivity contribution in [1.29, 1.82) is 0 Å². The topological polar surface area (TPSA) is 21.3 Å². The normalized spacial score (nSPS) is 12.6. The first-order chi connectivity index (χ1) is 4.31. The second-order valence-electron chi connectivity index (χ2n) is 1.68. The molecule has 0 fully saturated rings. The number of hydroxylamine groups is 1. The SMILES string of the molecule is C/C=C\C=C(\C)NOC. The molecule has 0 aromatic carbocycles. The summed E-state index contributed by atoms with van der Waals surface area (Å²) in [6.07, 6.45) is 5.84. The van der Waals surface area contributed by atoms with Crippen LogP contribution in [0.15, 0.2) is 23.9 Å². The summed E-state index contributed by atoms with van der Waals surface area (Å²) in [6, 6.07) is 0. The third-order valence-corrected chi connectivity index (χ3v) is 0.802. The van der Waals surface area contributed by atoms with Crippen LogP contribution in [-0.2, 0) is 4.84 Å². The van der Waals surface area contributed by atoms with Gasteiger partial charge in [-0.1, -0.05) is 12.2 Å². The highest BCUT2D eigenvalue weighted by Crippen LogP contribution is 1.85. The highest BCUT2D eigenvalue weighted by atomic mass is 16.6. The average molecular weight is 127 g/mol. The first-order valence-corrected chi connectivity index (χ1v) is 2.90. The van der Waals surface area contributed by atoms with Gasteiger partial charge in [-0.25, -0.2) is 0 Å². The lowest BCUT2D eigenvalue weighted by molar-refractivity contribution is 0.118. The molecule has 0 bridgehead atoms. The van der Waals surface area contributed by atoms with Crippen LogP contribution in [0.4, 0.5) is 0 Å². The molecule has 1 N–H and O–H groups in total. The molecule has 2 nitrogen and oxygen atoms in total. The largest absolute Gasteiger partial charge is 0.280 e. The van der Waals surface area contributed by atoms with Gasteiger partial charge in [0.25, 0.3) is 0 Å². The predicted octanol–water partition coefficient (Wildman–Crippen LogP) is 1.62. The Morgan fingerprint density at radius 1 is 1.56 bits per heavy atom. The molecule has 0 aliphatic carbocycles. The number of hydrogen-bond acceptors (Lipinski definition) is 2. The first kappa shape index (κ1) is 8.24. The molecule has 2 heteroatoms. The summed E-state index contributed by atoms with van der Waals surface area (Å²) in [5, 5.41) is 0. The molecule has 0 heterocycles. The zero-order valence-corrected chi connectivity index (χ0v) is 6.14. The zero-order valence-electron chi connectivity index (χ0n) is 6.14. The molecule has 0 atom stereocenters. The Balaban J connectivity index is 3.55. The fourth-order valence-corrected chi connectivity index (χ4v) is 0.436. The lowest BCUT2D eigenvalue weighted by atomic mass is 10.4. The molecule has 9 heavy (non-hydrogen) atoms. The monoisotopic (exact) mass is 127 g/mol. The highest BCUT2D eigenvalue weighted by Gasteiger charge is 1.78. The van der Waals surface area contributed by atoms with Gasteiger partial charge in [0.2, 0.25) is 0 Å². The maximum Gasteiger partial charge on any atom is 0.0636 e. The summed E-state index contributed by atoms with van der Waals surface area (Å²) in [5.41, 5.74) is 3.69. The molecular formula is C7H13NO. The second-order valence-corrected chi connectivity index (χ2v) is 1.68. The Morgan fingerprint density at radius 2 is 2.22 bits per heavy atom. The van der Waals surface area contributed by atoms with Crippen LogP contribution < -0.4 is 5.48 Å². The van der Waals surface area contributed by atoms with Gasteiger partial charge in [0.05, 0.1) is 7.11 Å². The average Bonchev–Trinajstić information content (AvgIpc) is 1.85. The quantitative estimate of drug-likeness (QED) is 0.459. The number of rotatable bonds is 3. The highest BCUT2D eigenvalue weighted by molar-refractivity contribution is 5.06. The van der Waals surface area contributed by atoms with Crippen LogP contribution >= 0.6 is 0 Å². The van der Waals surface area contributed by atoms with Crippen molar-refractivity contribution in [1.82, 2.24) is 5.48 Å². The summed E-state index contributed by atoms with van der Waals surface area (Å²) in [5.74, 6) is 0. The minimum Gasteiger partial charge on any atom is -0.280 e. The molecule has 0 saturated carbocycles. The molecule has 0 aliphatic heterocycles. The molecule has 0 aromatic rings. The molecular weight excluding hydrogens is 114 g/mol. The Labute approximate surface area is 56.2 Å². The lowest BCUT2D eigenvalue weighted by Crippen LogP contribution is -2.07. The minimum absolute atomic E-state index is 0.996. The van der Waals surface area contributed by atoms with E-state index >= 15 is 0 Å². The summed E-state index contributed by atoms with van der Waals surface area (Å²) in [4.78, 5) is 4.65. The fourth-order valence-electron chi connectivity index (χ4n) is 0.436. The van der Waals surface area contributed by atoms with Crippen LogP contribution in [0.2, 0.25) is 0 Å². The van der Waals surface area contributed by atoms with Crippen molar-refractivity contribution in [3.8, 4) is 0 Å². The van der Waals surface area contributed by atoms with Crippen molar-refractivity contribution in [2.75, 3.05) is 7.11 Å². The Bertz CT molecular complexity index is 116. The fraction of sp³-hybridized carbons (Fsp3) is 0.429. The summed E-state index contributed by atoms with van der Waals surface area (Å²) < 4.78 is 0. The van der Waals surface area contributed by atoms with E-state index in [4.69, 9.17) is 0 Å². The van der Waals surface area contributed by atoms with Gasteiger partial charge in [0.1, 0.15) is 0 Å². The third kappa shape index (κ3) is 5.11. The van der Waals surface area contributed by atoms with Gasteiger partial charge in [-0.2, -0.15) is 0 Å². The van der Waals surface area contributed by atoms with E-state index in [1.54, 1.807) is 7.11 Å². The van der Waals surface area contributed by atoms with Crippen LogP contribution in [0.1, 0.15) is 13.8 Å². The van der Waals surface area contributed by atoms with Gasteiger partial charge in [-0.3, -0.25) is 10.3 Å². The van der Waals surface area contributed by atoms with Crippen LogP contribution in [-0.4, -0.2) is 7.11 Å². The Hall–Kier alpha value is -0.760. The number of hydrogen-bond donors (Lipinski definition) is 1. The van der Waals surface area contributed by atoms with Crippen molar-refractivity contribution in [2.24, 2.45) is 0 Å². The Morgan fingerprint density at radius 3 is 2.67 bits per heavy atom. The molecule has 0 unspecified atom stereocenters. The minimum atomic E-state index is 0.996. The van der Waals surface area contributed by atoms with Gasteiger partial charge >= 0.3 is 0 Å². The maximum absolute atomic E-state index is 4.65. The van der Waals surface area contributed by atoms with Crippen molar-refractivity contribution >= 4 is 0 Å². The smallest absolute Gasteiger partial charge is 0.0636 e. The van der Waals surface area contributed by atoms with E-state index < -0.39 is 0 Å². The van der Waals surface area contributed by atoms with Gasteiger partial charge in [0, 0.05) is 5.70 Å². The number of allylic oxidation sites excluding steroid dienone is 4. The Kier molecular flexibility index (Phi) is 4.92. The van der Waals surface area contributed by atoms with Crippen molar-refractivity contribution in [3.05, 3.63) is 23.9 Å². The second kappa shape index (κ2) is 5.38. The molecule has 52 valence electrons. The first-order valence-electron chi connectivity index (χ1n) is 2.90. The van der Waals surface area contributed by atoms with Gasteiger partial charge in [0.15, 0.2) is 0 Å².